The summed E-state index contributed by atoms with van der Waals surface area (Å²) in [6, 6.07) is 8.56. The molecule has 1 aromatic heterocycles. The molecule has 0 saturated carbocycles. The van der Waals surface area contributed by atoms with Crippen LogP contribution in [0.4, 0.5) is 11.4 Å². The SMILES string of the molecule is Cc1nn(CCC(=O)Nc2cc(Oc3ccc(Cl)cc3Cl)cc([N+](=O)[O-])c2)c(C)c1Cl. The first-order chi connectivity index (χ1) is 14.6. The quantitative estimate of drug-likeness (QED) is 0.319. The molecule has 1 heterocycles. The highest BCUT2D eigenvalue weighted by Gasteiger charge is 2.15. The van der Waals surface area contributed by atoms with Crippen molar-refractivity contribution >= 4 is 52.1 Å². The molecule has 0 spiro atoms. The number of nitrogens with zero attached hydrogens (tertiary/aromatic N) is 3. The number of aromatic nitrogens is 2. The summed E-state index contributed by atoms with van der Waals surface area (Å²) in [5.41, 5.74) is 1.41. The molecule has 0 fully saturated rings. The number of halogens is 3. The molecule has 0 aliphatic heterocycles. The maximum Gasteiger partial charge on any atom is 0.275 e. The summed E-state index contributed by atoms with van der Waals surface area (Å²) < 4.78 is 7.30. The Morgan fingerprint density at radius 2 is 1.94 bits per heavy atom. The predicted octanol–water partition coefficient (Wildman–Crippen LogP) is 6.19. The van der Waals surface area contributed by atoms with Crippen LogP contribution in [0.25, 0.3) is 0 Å². The number of nitro benzene ring substituents is 1. The number of anilines is 1. The monoisotopic (exact) mass is 482 g/mol. The number of carbonyl (C=O) groups is 1. The van der Waals surface area contributed by atoms with Crippen LogP contribution in [0.5, 0.6) is 11.5 Å². The molecule has 0 unspecified atom stereocenters. The van der Waals surface area contributed by atoms with Crippen LogP contribution in [0.3, 0.4) is 0 Å². The number of nitrogens with one attached hydrogen (secondary N) is 1. The van der Waals surface area contributed by atoms with Crippen LogP contribution in [0.1, 0.15) is 17.8 Å². The van der Waals surface area contributed by atoms with E-state index in [1.165, 1.54) is 24.3 Å². The summed E-state index contributed by atoms with van der Waals surface area (Å²) in [6.45, 7) is 3.90. The van der Waals surface area contributed by atoms with Gasteiger partial charge in [0.2, 0.25) is 5.91 Å². The van der Waals surface area contributed by atoms with Crippen molar-refractivity contribution in [2.24, 2.45) is 0 Å². The smallest absolute Gasteiger partial charge is 0.275 e. The Morgan fingerprint density at radius 3 is 2.55 bits per heavy atom. The first-order valence-electron chi connectivity index (χ1n) is 9.06. The maximum absolute atomic E-state index is 12.4. The van der Waals surface area contributed by atoms with Gasteiger partial charge in [0.1, 0.15) is 11.5 Å². The standard InChI is InChI=1S/C20H17Cl3N4O4/c1-11-20(23)12(2)26(25-11)6-5-19(28)24-14-8-15(27(29)30)10-16(9-14)31-18-4-3-13(21)7-17(18)22/h3-4,7-10H,5-6H2,1-2H3,(H,24,28). The van der Waals surface area contributed by atoms with E-state index in [1.807, 2.05) is 6.92 Å². The van der Waals surface area contributed by atoms with Gasteiger partial charge in [0, 0.05) is 23.6 Å². The van der Waals surface area contributed by atoms with Gasteiger partial charge in [0.25, 0.3) is 5.69 Å². The number of carbonyl (C=O) groups excluding carboxylic acids is 1. The molecule has 0 atom stereocenters. The molecular weight excluding hydrogens is 467 g/mol. The van der Waals surface area contributed by atoms with E-state index in [4.69, 9.17) is 39.5 Å². The van der Waals surface area contributed by atoms with E-state index in [1.54, 1.807) is 23.7 Å². The van der Waals surface area contributed by atoms with E-state index in [2.05, 4.69) is 10.4 Å². The second-order valence-corrected chi connectivity index (χ2v) is 7.88. The third kappa shape index (κ3) is 5.66. The normalized spacial score (nSPS) is 10.7. The average Bonchev–Trinajstić information content (AvgIpc) is 2.95. The number of benzene rings is 2. The Labute approximate surface area is 192 Å². The van der Waals surface area contributed by atoms with Crippen LogP contribution in [-0.2, 0) is 11.3 Å². The molecular formula is C20H17Cl3N4O4. The number of rotatable bonds is 7. The lowest BCUT2D eigenvalue weighted by molar-refractivity contribution is -0.384. The average molecular weight is 484 g/mol. The molecule has 2 aromatic carbocycles. The molecule has 3 rings (SSSR count). The van der Waals surface area contributed by atoms with Gasteiger partial charge in [-0.15, -0.1) is 0 Å². The summed E-state index contributed by atoms with van der Waals surface area (Å²) in [4.78, 5) is 23.1. The molecule has 11 heteroatoms. The van der Waals surface area contributed by atoms with Crippen molar-refractivity contribution in [3.63, 3.8) is 0 Å². The second-order valence-electron chi connectivity index (χ2n) is 6.66. The van der Waals surface area contributed by atoms with Crippen molar-refractivity contribution in [2.45, 2.75) is 26.8 Å². The zero-order valence-electron chi connectivity index (χ0n) is 16.5. The Balaban J connectivity index is 1.76. The highest BCUT2D eigenvalue weighted by Crippen LogP contribution is 2.34. The van der Waals surface area contributed by atoms with Crippen molar-refractivity contribution in [2.75, 3.05) is 5.32 Å². The second kappa shape index (κ2) is 9.55. The van der Waals surface area contributed by atoms with Gasteiger partial charge in [-0.25, -0.2) is 0 Å². The van der Waals surface area contributed by atoms with E-state index in [9.17, 15) is 14.9 Å². The minimum atomic E-state index is -0.580. The summed E-state index contributed by atoms with van der Waals surface area (Å²) >= 11 is 18.1. The number of hydrogen-bond donors (Lipinski definition) is 1. The van der Waals surface area contributed by atoms with Crippen molar-refractivity contribution in [3.05, 3.63) is 73.0 Å². The number of aryl methyl sites for hydroxylation is 2. The van der Waals surface area contributed by atoms with E-state index in [0.29, 0.717) is 22.3 Å². The zero-order chi connectivity index (χ0) is 22.7. The summed E-state index contributed by atoms with van der Waals surface area (Å²) in [5.74, 6) is 0.0592. The van der Waals surface area contributed by atoms with Crippen molar-refractivity contribution in [1.29, 1.82) is 0 Å². The minimum absolute atomic E-state index is 0.0974. The van der Waals surface area contributed by atoms with Crippen LogP contribution in [0.2, 0.25) is 15.1 Å². The lowest BCUT2D eigenvalue weighted by atomic mass is 10.2. The van der Waals surface area contributed by atoms with Crippen molar-refractivity contribution in [3.8, 4) is 11.5 Å². The predicted molar refractivity (Wildman–Crippen MR) is 120 cm³/mol. The van der Waals surface area contributed by atoms with Gasteiger partial charge in [-0.05, 0) is 32.0 Å². The lowest BCUT2D eigenvalue weighted by Crippen LogP contribution is -2.15. The van der Waals surface area contributed by atoms with Crippen LogP contribution < -0.4 is 10.1 Å². The number of ether oxygens (including phenoxy) is 1. The Hall–Kier alpha value is -2.81. The fourth-order valence-corrected chi connectivity index (χ4v) is 3.41. The number of amides is 1. The molecule has 3 aromatic rings. The fraction of sp³-hybridized carbons (Fsp3) is 0.200. The minimum Gasteiger partial charge on any atom is -0.455 e. The maximum atomic E-state index is 12.4. The van der Waals surface area contributed by atoms with Crippen LogP contribution in [-0.4, -0.2) is 20.6 Å². The van der Waals surface area contributed by atoms with Crippen LogP contribution in [0.15, 0.2) is 36.4 Å². The highest BCUT2D eigenvalue weighted by molar-refractivity contribution is 6.35. The summed E-state index contributed by atoms with van der Waals surface area (Å²) in [6.07, 6.45) is 0.0974. The van der Waals surface area contributed by atoms with Crippen molar-refractivity contribution in [1.82, 2.24) is 9.78 Å². The third-order valence-corrected chi connectivity index (χ3v) is 5.43. The van der Waals surface area contributed by atoms with Gasteiger partial charge in [-0.3, -0.25) is 19.6 Å². The van der Waals surface area contributed by atoms with Crippen LogP contribution in [0, 0.1) is 24.0 Å². The molecule has 0 radical (unpaired) electrons. The molecule has 31 heavy (non-hydrogen) atoms. The van der Waals surface area contributed by atoms with Gasteiger partial charge in [0.15, 0.2) is 0 Å². The molecule has 1 amide bonds. The lowest BCUT2D eigenvalue weighted by Gasteiger charge is -2.11. The number of nitro groups is 1. The number of hydrogen-bond acceptors (Lipinski definition) is 5. The number of non-ortho nitro benzene ring substituents is 1. The third-order valence-electron chi connectivity index (χ3n) is 4.35. The molecule has 8 nitrogen and oxygen atoms in total. The van der Waals surface area contributed by atoms with Gasteiger partial charge in [0.05, 0.1) is 44.7 Å². The van der Waals surface area contributed by atoms with Gasteiger partial charge >= 0.3 is 0 Å². The molecule has 162 valence electrons. The van der Waals surface area contributed by atoms with Crippen LogP contribution >= 0.6 is 34.8 Å². The van der Waals surface area contributed by atoms with E-state index in [0.717, 1.165) is 5.69 Å². The molecule has 0 bridgehead atoms. The van der Waals surface area contributed by atoms with Gasteiger partial charge < -0.3 is 10.1 Å². The van der Waals surface area contributed by atoms with Gasteiger partial charge in [-0.2, -0.15) is 5.10 Å². The van der Waals surface area contributed by atoms with E-state index < -0.39 is 4.92 Å². The van der Waals surface area contributed by atoms with E-state index in [-0.39, 0.29) is 40.2 Å². The Kier molecular flexibility index (Phi) is 7.04. The highest BCUT2D eigenvalue weighted by atomic mass is 35.5. The first-order valence-corrected chi connectivity index (χ1v) is 10.2. The largest absolute Gasteiger partial charge is 0.455 e. The first kappa shape index (κ1) is 22.9. The molecule has 1 N–H and O–H groups in total. The molecule has 0 aliphatic carbocycles. The summed E-state index contributed by atoms with van der Waals surface area (Å²) in [7, 11) is 0. The molecule has 0 aliphatic rings. The fourth-order valence-electron chi connectivity index (χ4n) is 2.83. The van der Waals surface area contributed by atoms with Crippen molar-refractivity contribution < 1.29 is 14.5 Å². The zero-order valence-corrected chi connectivity index (χ0v) is 18.8. The van der Waals surface area contributed by atoms with Gasteiger partial charge in [-0.1, -0.05) is 34.8 Å². The topological polar surface area (TPSA) is 99.3 Å². The Bertz CT molecular complexity index is 1160. The van der Waals surface area contributed by atoms with E-state index >= 15 is 0 Å². The summed E-state index contributed by atoms with van der Waals surface area (Å²) in [5, 5.41) is 19.5. The Morgan fingerprint density at radius 1 is 1.19 bits per heavy atom. The molecule has 0 saturated heterocycles.